The van der Waals surface area contributed by atoms with Crippen LogP contribution >= 0.6 is 0 Å². The molecule has 3 aromatic rings. The van der Waals surface area contributed by atoms with E-state index in [2.05, 4.69) is 22.0 Å². The molecule has 0 fully saturated rings. The maximum Gasteiger partial charge on any atom is 0.417 e. The van der Waals surface area contributed by atoms with Crippen LogP contribution in [0.25, 0.3) is 11.1 Å². The number of hydrogen-bond donors (Lipinski definition) is 1. The molecule has 1 N–H and O–H groups in total. The fourth-order valence-electron chi connectivity index (χ4n) is 4.18. The molecule has 0 bridgehead atoms. The van der Waals surface area contributed by atoms with Crippen molar-refractivity contribution >= 4 is 36.1 Å². The average molecular weight is 553 g/mol. The van der Waals surface area contributed by atoms with Crippen LogP contribution in [-0.2, 0) is 11.0 Å². The molecule has 7 nitrogen and oxygen atoms in total. The lowest BCUT2D eigenvalue weighted by Gasteiger charge is -2.39. The summed E-state index contributed by atoms with van der Waals surface area (Å²) in [5.41, 5.74) is -2.24. The molecular formula is C29H24F4N4O3. The van der Waals surface area contributed by atoms with Gasteiger partial charge < -0.3 is 10.1 Å². The predicted octanol–water partition coefficient (Wildman–Crippen LogP) is 6.86. The van der Waals surface area contributed by atoms with Crippen molar-refractivity contribution in [1.82, 2.24) is 0 Å². The molecule has 3 aromatic carbocycles. The normalized spacial score (nSPS) is 15.0. The Balaban J connectivity index is 1.88. The molecule has 0 radical (unpaired) electrons. The zero-order valence-corrected chi connectivity index (χ0v) is 21.7. The van der Waals surface area contributed by atoms with E-state index < -0.39 is 40.5 Å². The minimum atomic E-state index is -4.83. The highest BCUT2D eigenvalue weighted by atomic mass is 19.4. The van der Waals surface area contributed by atoms with E-state index in [1.165, 1.54) is 35.5 Å². The molecule has 0 saturated heterocycles. The van der Waals surface area contributed by atoms with Crippen LogP contribution in [0.4, 0.5) is 28.9 Å². The van der Waals surface area contributed by atoms with Gasteiger partial charge in [0.1, 0.15) is 5.82 Å². The first-order valence-corrected chi connectivity index (χ1v) is 12.0. The van der Waals surface area contributed by atoms with E-state index in [0.29, 0.717) is 5.56 Å². The molecule has 0 saturated carbocycles. The van der Waals surface area contributed by atoms with Crippen molar-refractivity contribution in [2.24, 2.45) is 9.98 Å². The zero-order valence-electron chi connectivity index (χ0n) is 21.7. The monoisotopic (exact) mass is 552 g/mol. The Morgan fingerprint density at radius 3 is 2.42 bits per heavy atom. The molecule has 0 spiro atoms. The summed E-state index contributed by atoms with van der Waals surface area (Å²) in [6.07, 6.45) is -2.06. The molecular weight excluding hydrogens is 528 g/mol. The lowest BCUT2D eigenvalue weighted by atomic mass is 9.95. The Kier molecular flexibility index (Phi) is 7.59. The van der Waals surface area contributed by atoms with Crippen molar-refractivity contribution in [3.8, 4) is 16.9 Å². The van der Waals surface area contributed by atoms with Crippen molar-refractivity contribution < 1.29 is 31.9 Å². The Morgan fingerprint density at radius 1 is 1.10 bits per heavy atom. The summed E-state index contributed by atoms with van der Waals surface area (Å²) in [6, 6.07) is 12.5. The minimum Gasteiger partial charge on any atom is -0.475 e. The number of halogens is 4. The van der Waals surface area contributed by atoms with E-state index in [4.69, 9.17) is 4.74 Å². The number of alkyl halides is 3. The molecule has 206 valence electrons. The number of hydrogen-bond acceptors (Lipinski definition) is 5. The van der Waals surface area contributed by atoms with Gasteiger partial charge in [-0.25, -0.2) is 9.38 Å². The van der Waals surface area contributed by atoms with E-state index in [0.717, 1.165) is 24.3 Å². The number of fused-ring (bicyclic) bond motifs is 1. The van der Waals surface area contributed by atoms with Gasteiger partial charge in [-0.15, -0.1) is 0 Å². The van der Waals surface area contributed by atoms with Crippen LogP contribution in [0.3, 0.4) is 0 Å². The molecule has 0 aliphatic carbocycles. The first kappa shape index (κ1) is 28.2. The molecule has 1 heterocycles. The van der Waals surface area contributed by atoms with Crippen molar-refractivity contribution in [3.63, 3.8) is 0 Å². The van der Waals surface area contributed by atoms with Gasteiger partial charge in [0.2, 0.25) is 0 Å². The number of amides is 2. The molecule has 40 heavy (non-hydrogen) atoms. The van der Waals surface area contributed by atoms with Gasteiger partial charge in [-0.2, -0.15) is 13.2 Å². The van der Waals surface area contributed by atoms with Crippen LogP contribution in [0.5, 0.6) is 5.75 Å². The minimum absolute atomic E-state index is 0.118. The van der Waals surface area contributed by atoms with Crippen molar-refractivity contribution in [3.05, 3.63) is 89.6 Å². The van der Waals surface area contributed by atoms with E-state index in [1.54, 1.807) is 39.0 Å². The number of para-hydroxylation sites is 1. The standard InChI is InChI=1S/C29H24F4N4O3/c1-5-35-24(16-34-4)37-23-8-6-7-20(25(23)40-28(2,3)27(37)39)17-9-14-22(29(31,32)33)21(15-17)26(38)36-19-12-10-18(30)11-13-19/h5-16H,4H2,1-3H3,(H,36,38)/b24-16+,35-5-. The number of rotatable bonds is 6. The summed E-state index contributed by atoms with van der Waals surface area (Å²) in [5.74, 6) is -1.71. The van der Waals surface area contributed by atoms with Crippen molar-refractivity contribution in [1.29, 1.82) is 0 Å². The van der Waals surface area contributed by atoms with E-state index in [-0.39, 0.29) is 28.5 Å². The lowest BCUT2D eigenvalue weighted by Crippen LogP contribution is -2.52. The predicted molar refractivity (Wildman–Crippen MR) is 145 cm³/mol. The van der Waals surface area contributed by atoms with Crippen LogP contribution in [0.15, 0.2) is 82.7 Å². The first-order valence-electron chi connectivity index (χ1n) is 12.0. The van der Waals surface area contributed by atoms with Crippen LogP contribution in [0.2, 0.25) is 0 Å². The number of nitrogens with one attached hydrogen (secondary N) is 1. The zero-order chi connectivity index (χ0) is 29.2. The highest BCUT2D eigenvalue weighted by Crippen LogP contribution is 2.47. The maximum atomic E-state index is 13.9. The van der Waals surface area contributed by atoms with Crippen LogP contribution < -0.4 is 15.0 Å². The van der Waals surface area contributed by atoms with Gasteiger partial charge in [-0.05, 0) is 75.5 Å². The average Bonchev–Trinajstić information content (AvgIpc) is 2.89. The Morgan fingerprint density at radius 2 is 1.80 bits per heavy atom. The third-order valence-corrected chi connectivity index (χ3v) is 5.99. The number of nitrogens with zero attached hydrogens (tertiary/aromatic N) is 3. The van der Waals surface area contributed by atoms with Gasteiger partial charge in [-0.1, -0.05) is 18.2 Å². The number of carbonyl (C=O) groups is 2. The Labute approximate surface area is 227 Å². The summed E-state index contributed by atoms with van der Waals surface area (Å²) in [7, 11) is 0. The van der Waals surface area contributed by atoms with Gasteiger partial charge in [-0.3, -0.25) is 19.5 Å². The summed E-state index contributed by atoms with van der Waals surface area (Å²) in [4.78, 5) is 35.7. The van der Waals surface area contributed by atoms with Crippen LogP contribution in [-0.4, -0.2) is 30.3 Å². The molecule has 1 aliphatic heterocycles. The molecule has 11 heteroatoms. The second kappa shape index (κ2) is 10.8. The third-order valence-electron chi connectivity index (χ3n) is 5.99. The van der Waals surface area contributed by atoms with Gasteiger partial charge in [0.15, 0.2) is 17.2 Å². The van der Waals surface area contributed by atoms with Gasteiger partial charge in [0.05, 0.1) is 23.0 Å². The van der Waals surface area contributed by atoms with E-state index in [1.807, 2.05) is 0 Å². The lowest BCUT2D eigenvalue weighted by molar-refractivity contribution is -0.138. The van der Waals surface area contributed by atoms with Gasteiger partial charge >= 0.3 is 6.18 Å². The quantitative estimate of drug-likeness (QED) is 0.268. The highest BCUT2D eigenvalue weighted by molar-refractivity contribution is 6.08. The number of anilines is 2. The van der Waals surface area contributed by atoms with Crippen LogP contribution in [0.1, 0.15) is 36.7 Å². The highest BCUT2D eigenvalue weighted by Gasteiger charge is 2.44. The topological polar surface area (TPSA) is 83.4 Å². The second-order valence-electron chi connectivity index (χ2n) is 9.18. The summed E-state index contributed by atoms with van der Waals surface area (Å²) in [6.45, 7) is 8.18. The number of aliphatic imine (C=N–C) groups is 2. The summed E-state index contributed by atoms with van der Waals surface area (Å²) < 4.78 is 61.1. The molecule has 4 rings (SSSR count). The van der Waals surface area contributed by atoms with Crippen LogP contribution in [0, 0.1) is 5.82 Å². The van der Waals surface area contributed by atoms with E-state index >= 15 is 0 Å². The first-order chi connectivity index (χ1) is 18.9. The molecule has 2 amide bonds. The molecule has 1 aliphatic rings. The largest absolute Gasteiger partial charge is 0.475 e. The van der Waals surface area contributed by atoms with Crippen molar-refractivity contribution in [2.75, 3.05) is 10.2 Å². The fourth-order valence-corrected chi connectivity index (χ4v) is 4.18. The number of carbonyl (C=O) groups excluding carboxylic acids is 2. The Hall–Kier alpha value is -4.80. The second-order valence-corrected chi connectivity index (χ2v) is 9.18. The SMILES string of the molecule is C=N/C=C(\N=C/C)N1C(=O)C(C)(C)Oc2c(-c3ccc(C(F)(F)F)c(C(=O)Nc4ccc(F)cc4)c3)cccc21. The molecule has 0 unspecified atom stereocenters. The number of ether oxygens (including phenoxy) is 1. The molecule has 0 aromatic heterocycles. The fraction of sp³-hybridized carbons (Fsp3) is 0.172. The summed E-state index contributed by atoms with van der Waals surface area (Å²) in [5, 5.41) is 2.38. The smallest absolute Gasteiger partial charge is 0.417 e. The van der Waals surface area contributed by atoms with Gasteiger partial charge in [0, 0.05) is 17.5 Å². The summed E-state index contributed by atoms with van der Waals surface area (Å²) >= 11 is 0. The number of benzene rings is 3. The third kappa shape index (κ3) is 5.49. The van der Waals surface area contributed by atoms with Crippen molar-refractivity contribution in [2.45, 2.75) is 32.5 Å². The van der Waals surface area contributed by atoms with E-state index in [9.17, 15) is 27.2 Å². The Bertz CT molecular complexity index is 1540. The van der Waals surface area contributed by atoms with Gasteiger partial charge in [0.25, 0.3) is 11.8 Å². The maximum absolute atomic E-state index is 13.9. The molecule has 0 atom stereocenters.